The number of sulfone groups is 1. The molecule has 0 radical (unpaired) electrons. The van der Waals surface area contributed by atoms with Gasteiger partial charge < -0.3 is 14.5 Å². The van der Waals surface area contributed by atoms with E-state index in [2.05, 4.69) is 28.6 Å². The van der Waals surface area contributed by atoms with Crippen molar-refractivity contribution in [2.75, 3.05) is 45.5 Å². The normalized spacial score (nSPS) is 16.7. The molecule has 1 aromatic rings. The van der Waals surface area contributed by atoms with Crippen LogP contribution in [-0.4, -0.2) is 65.9 Å². The number of rotatable bonds is 4. The second-order valence-corrected chi connectivity index (χ2v) is 8.11. The zero-order valence-electron chi connectivity index (χ0n) is 14.1. The molecule has 7 heteroatoms. The highest BCUT2D eigenvalue weighted by Crippen LogP contribution is 2.29. The number of ether oxygens (including phenoxy) is 1. The number of esters is 1. The van der Waals surface area contributed by atoms with Gasteiger partial charge in [0.15, 0.2) is 9.84 Å². The summed E-state index contributed by atoms with van der Waals surface area (Å²) in [6, 6.07) is 5.25. The summed E-state index contributed by atoms with van der Waals surface area (Å²) in [5.41, 5.74) is 0.914. The SMILES string of the molecule is COC(=O)c1ccc(N2CCC(N(C)C)CC2)c(S(C)(=O)=O)c1. The molecule has 6 nitrogen and oxygen atoms in total. The first-order chi connectivity index (χ1) is 10.7. The van der Waals surface area contributed by atoms with Gasteiger partial charge in [0.25, 0.3) is 0 Å². The molecule has 1 heterocycles. The van der Waals surface area contributed by atoms with Crippen LogP contribution in [0.1, 0.15) is 23.2 Å². The van der Waals surface area contributed by atoms with Gasteiger partial charge in [0.05, 0.1) is 23.3 Å². The first-order valence-corrected chi connectivity index (χ1v) is 9.47. The summed E-state index contributed by atoms with van der Waals surface area (Å²) in [4.78, 5) is 16.1. The number of carbonyl (C=O) groups is 1. The first-order valence-electron chi connectivity index (χ1n) is 7.58. The van der Waals surface area contributed by atoms with Crippen molar-refractivity contribution in [2.24, 2.45) is 0 Å². The highest BCUT2D eigenvalue weighted by molar-refractivity contribution is 7.90. The summed E-state index contributed by atoms with van der Waals surface area (Å²) < 4.78 is 29.0. The topological polar surface area (TPSA) is 66.9 Å². The van der Waals surface area contributed by atoms with Crippen molar-refractivity contribution in [3.63, 3.8) is 0 Å². The van der Waals surface area contributed by atoms with E-state index in [9.17, 15) is 13.2 Å². The molecule has 0 aliphatic carbocycles. The zero-order chi connectivity index (χ0) is 17.2. The van der Waals surface area contributed by atoms with Crippen molar-refractivity contribution in [1.29, 1.82) is 0 Å². The number of carbonyl (C=O) groups excluding carboxylic acids is 1. The molecule has 1 fully saturated rings. The lowest BCUT2D eigenvalue weighted by Gasteiger charge is -2.37. The van der Waals surface area contributed by atoms with E-state index in [-0.39, 0.29) is 10.5 Å². The molecule has 1 aromatic carbocycles. The summed E-state index contributed by atoms with van der Waals surface area (Å²) in [7, 11) is 1.97. The molecule has 0 bridgehead atoms. The minimum absolute atomic E-state index is 0.184. The van der Waals surface area contributed by atoms with E-state index in [1.807, 2.05) is 0 Å². The van der Waals surface area contributed by atoms with Gasteiger partial charge in [-0.2, -0.15) is 0 Å². The largest absolute Gasteiger partial charge is 0.465 e. The second kappa shape index (κ2) is 6.88. The Bertz CT molecular complexity index is 677. The first kappa shape index (κ1) is 17.7. The molecule has 0 aromatic heterocycles. The van der Waals surface area contributed by atoms with Crippen molar-refractivity contribution in [1.82, 2.24) is 4.90 Å². The van der Waals surface area contributed by atoms with Gasteiger partial charge >= 0.3 is 5.97 Å². The van der Waals surface area contributed by atoms with Crippen LogP contribution in [0.4, 0.5) is 5.69 Å². The predicted octanol–water partition coefficient (Wildman–Crippen LogP) is 1.41. The van der Waals surface area contributed by atoms with Crippen molar-refractivity contribution in [3.8, 4) is 0 Å². The third kappa shape index (κ3) is 4.03. The molecule has 0 atom stereocenters. The quantitative estimate of drug-likeness (QED) is 0.772. The molecule has 23 heavy (non-hydrogen) atoms. The fourth-order valence-electron chi connectivity index (χ4n) is 2.94. The molecule has 2 rings (SSSR count). The molecular formula is C16H24N2O4S. The molecule has 0 unspecified atom stereocenters. The van der Waals surface area contributed by atoms with Crippen LogP contribution >= 0.6 is 0 Å². The molecule has 0 amide bonds. The number of methoxy groups -OCH3 is 1. The number of piperidine rings is 1. The van der Waals surface area contributed by atoms with Crippen LogP contribution in [-0.2, 0) is 14.6 Å². The lowest BCUT2D eigenvalue weighted by molar-refractivity contribution is 0.0600. The lowest BCUT2D eigenvalue weighted by atomic mass is 10.0. The predicted molar refractivity (Wildman–Crippen MR) is 89.8 cm³/mol. The number of benzene rings is 1. The van der Waals surface area contributed by atoms with E-state index in [1.54, 1.807) is 12.1 Å². The van der Waals surface area contributed by atoms with E-state index in [4.69, 9.17) is 0 Å². The average molecular weight is 340 g/mol. The van der Waals surface area contributed by atoms with Crippen molar-refractivity contribution in [3.05, 3.63) is 23.8 Å². The van der Waals surface area contributed by atoms with E-state index in [0.717, 1.165) is 25.9 Å². The number of hydrogen-bond acceptors (Lipinski definition) is 6. The maximum absolute atomic E-state index is 12.1. The Hall–Kier alpha value is -1.60. The van der Waals surface area contributed by atoms with Gasteiger partial charge in [0, 0.05) is 25.4 Å². The van der Waals surface area contributed by atoms with Crippen LogP contribution in [0.5, 0.6) is 0 Å². The van der Waals surface area contributed by atoms with Crippen LogP contribution in [0.2, 0.25) is 0 Å². The van der Waals surface area contributed by atoms with Crippen LogP contribution in [0, 0.1) is 0 Å². The zero-order valence-corrected chi connectivity index (χ0v) is 14.9. The third-order valence-electron chi connectivity index (χ3n) is 4.32. The summed E-state index contributed by atoms with van der Waals surface area (Å²) in [5.74, 6) is -0.534. The fourth-order valence-corrected chi connectivity index (χ4v) is 3.86. The van der Waals surface area contributed by atoms with Crippen LogP contribution in [0.3, 0.4) is 0 Å². The summed E-state index contributed by atoms with van der Waals surface area (Å²) in [6.45, 7) is 1.59. The fraction of sp³-hybridized carbons (Fsp3) is 0.562. The molecule has 1 saturated heterocycles. The van der Waals surface area contributed by atoms with Crippen molar-refractivity contribution >= 4 is 21.5 Å². The number of anilines is 1. The average Bonchev–Trinajstić information content (AvgIpc) is 2.52. The molecular weight excluding hydrogens is 316 g/mol. The Morgan fingerprint density at radius 3 is 2.35 bits per heavy atom. The monoisotopic (exact) mass is 340 g/mol. The Morgan fingerprint density at radius 2 is 1.87 bits per heavy atom. The van der Waals surface area contributed by atoms with Crippen molar-refractivity contribution < 1.29 is 17.9 Å². The van der Waals surface area contributed by atoms with Gasteiger partial charge in [0.2, 0.25) is 0 Å². The maximum Gasteiger partial charge on any atom is 0.337 e. The standard InChI is InChI=1S/C16H24N2O4S/c1-17(2)13-7-9-18(10-8-13)14-6-5-12(16(19)22-3)11-15(14)23(4,20)21/h5-6,11,13H,7-10H2,1-4H3. The van der Waals surface area contributed by atoms with Gasteiger partial charge in [-0.1, -0.05) is 0 Å². The smallest absolute Gasteiger partial charge is 0.337 e. The number of nitrogens with zero attached hydrogens (tertiary/aromatic N) is 2. The molecule has 0 saturated carbocycles. The minimum Gasteiger partial charge on any atom is -0.465 e. The summed E-state index contributed by atoms with van der Waals surface area (Å²) in [6.07, 6.45) is 3.13. The Morgan fingerprint density at radius 1 is 1.26 bits per heavy atom. The highest BCUT2D eigenvalue weighted by atomic mass is 32.2. The third-order valence-corrected chi connectivity index (χ3v) is 5.44. The van der Waals surface area contributed by atoms with Gasteiger partial charge in [0.1, 0.15) is 0 Å². The highest BCUT2D eigenvalue weighted by Gasteiger charge is 2.25. The molecule has 0 N–H and O–H groups in total. The van der Waals surface area contributed by atoms with Gasteiger partial charge in [-0.05, 0) is 45.1 Å². The molecule has 1 aliphatic rings. The van der Waals surface area contributed by atoms with Gasteiger partial charge in [-0.3, -0.25) is 0 Å². The van der Waals surface area contributed by atoms with E-state index in [0.29, 0.717) is 11.7 Å². The summed E-state index contributed by atoms with van der Waals surface area (Å²) in [5, 5.41) is 0. The minimum atomic E-state index is -3.44. The van der Waals surface area contributed by atoms with Gasteiger partial charge in [-0.25, -0.2) is 13.2 Å². The molecule has 128 valence electrons. The maximum atomic E-state index is 12.1. The molecule has 1 aliphatic heterocycles. The molecule has 0 spiro atoms. The van der Waals surface area contributed by atoms with E-state index >= 15 is 0 Å². The van der Waals surface area contributed by atoms with Crippen LogP contribution in [0.15, 0.2) is 23.1 Å². The second-order valence-electron chi connectivity index (χ2n) is 6.13. The van der Waals surface area contributed by atoms with Gasteiger partial charge in [-0.15, -0.1) is 0 Å². The lowest BCUT2D eigenvalue weighted by Crippen LogP contribution is -2.42. The van der Waals surface area contributed by atoms with Crippen LogP contribution < -0.4 is 4.90 Å². The Labute approximate surface area is 137 Å². The number of hydrogen-bond donors (Lipinski definition) is 0. The summed E-state index contributed by atoms with van der Waals surface area (Å²) >= 11 is 0. The Balaban J connectivity index is 2.34. The van der Waals surface area contributed by atoms with Crippen LogP contribution in [0.25, 0.3) is 0 Å². The van der Waals surface area contributed by atoms with Crippen molar-refractivity contribution in [2.45, 2.75) is 23.8 Å². The Kier molecular flexibility index (Phi) is 5.31. The van der Waals surface area contributed by atoms with E-state index < -0.39 is 15.8 Å². The van der Waals surface area contributed by atoms with E-state index in [1.165, 1.54) is 19.4 Å².